The van der Waals surface area contributed by atoms with E-state index in [1.807, 2.05) is 12.3 Å². The van der Waals surface area contributed by atoms with Crippen molar-refractivity contribution in [2.45, 2.75) is 17.9 Å². The van der Waals surface area contributed by atoms with Crippen molar-refractivity contribution in [3.63, 3.8) is 0 Å². The van der Waals surface area contributed by atoms with E-state index in [-0.39, 0.29) is 15.7 Å². The first kappa shape index (κ1) is 14.8. The molecule has 0 aromatic carbocycles. The van der Waals surface area contributed by atoms with E-state index in [2.05, 4.69) is 14.8 Å². The molecular formula is C11H14ClN5O2S. The van der Waals surface area contributed by atoms with Crippen LogP contribution in [0.5, 0.6) is 0 Å². The summed E-state index contributed by atoms with van der Waals surface area (Å²) in [7, 11) is -3.62. The van der Waals surface area contributed by atoms with Crippen LogP contribution in [-0.4, -0.2) is 29.7 Å². The average molecular weight is 316 g/mol. The summed E-state index contributed by atoms with van der Waals surface area (Å²) in [6.07, 6.45) is 5.29. The lowest BCUT2D eigenvalue weighted by molar-refractivity contribution is 0.553. The number of nitrogens with one attached hydrogen (secondary N) is 1. The Morgan fingerprint density at radius 2 is 2.25 bits per heavy atom. The summed E-state index contributed by atoms with van der Waals surface area (Å²) in [5.41, 5.74) is 5.44. The second kappa shape index (κ2) is 6.21. The molecular weight excluding hydrogens is 302 g/mol. The van der Waals surface area contributed by atoms with Gasteiger partial charge in [0.15, 0.2) is 0 Å². The molecule has 0 aliphatic carbocycles. The fourth-order valence-corrected chi connectivity index (χ4v) is 2.82. The van der Waals surface area contributed by atoms with Crippen LogP contribution in [0, 0.1) is 0 Å². The minimum Gasteiger partial charge on any atom is -0.382 e. The monoisotopic (exact) mass is 315 g/mol. The number of aromatic nitrogens is 3. The summed E-state index contributed by atoms with van der Waals surface area (Å²) in [4.78, 5) is 3.72. The molecule has 0 aliphatic rings. The number of halogens is 1. The highest BCUT2D eigenvalue weighted by Crippen LogP contribution is 2.19. The standard InChI is InChI=1S/C11H14ClN5O2S/c12-10-7-9(8-14-11(10)13)20(18,19)16-4-2-6-17-5-1-3-15-17/h1,3,5,7-8,16H,2,4,6H2,(H2,13,14). The van der Waals surface area contributed by atoms with E-state index in [1.54, 1.807) is 10.9 Å². The van der Waals surface area contributed by atoms with Crippen molar-refractivity contribution in [3.8, 4) is 0 Å². The Morgan fingerprint density at radius 1 is 1.45 bits per heavy atom. The second-order valence-corrected chi connectivity index (χ2v) is 6.23. The summed E-state index contributed by atoms with van der Waals surface area (Å²) in [5, 5.41) is 4.14. The second-order valence-electron chi connectivity index (χ2n) is 4.06. The Kier molecular flexibility index (Phi) is 4.58. The van der Waals surface area contributed by atoms with Crippen LogP contribution in [0.4, 0.5) is 5.82 Å². The molecule has 0 radical (unpaired) electrons. The van der Waals surface area contributed by atoms with E-state index < -0.39 is 10.0 Å². The number of rotatable bonds is 6. The van der Waals surface area contributed by atoms with Gasteiger partial charge in [-0.2, -0.15) is 5.10 Å². The Hall–Kier alpha value is -1.64. The molecule has 0 saturated heterocycles. The Morgan fingerprint density at radius 3 is 2.90 bits per heavy atom. The number of sulfonamides is 1. The molecule has 0 atom stereocenters. The van der Waals surface area contributed by atoms with Crippen molar-refractivity contribution in [2.75, 3.05) is 12.3 Å². The van der Waals surface area contributed by atoms with Gasteiger partial charge in [0.1, 0.15) is 10.7 Å². The zero-order chi connectivity index (χ0) is 14.6. The van der Waals surface area contributed by atoms with Gasteiger partial charge in [-0.1, -0.05) is 11.6 Å². The van der Waals surface area contributed by atoms with Gasteiger partial charge in [-0.15, -0.1) is 0 Å². The third kappa shape index (κ3) is 3.69. The van der Waals surface area contributed by atoms with E-state index in [0.717, 1.165) is 0 Å². The summed E-state index contributed by atoms with van der Waals surface area (Å²) >= 11 is 5.76. The molecule has 2 aromatic heterocycles. The van der Waals surface area contributed by atoms with Gasteiger partial charge in [0.2, 0.25) is 10.0 Å². The van der Waals surface area contributed by atoms with Crippen molar-refractivity contribution in [1.82, 2.24) is 19.5 Å². The zero-order valence-electron chi connectivity index (χ0n) is 10.5. The van der Waals surface area contributed by atoms with Crippen LogP contribution < -0.4 is 10.5 Å². The number of hydrogen-bond donors (Lipinski definition) is 2. The molecule has 0 amide bonds. The molecule has 0 bridgehead atoms. The number of hydrogen-bond acceptors (Lipinski definition) is 5. The lowest BCUT2D eigenvalue weighted by Crippen LogP contribution is -2.25. The van der Waals surface area contributed by atoms with Gasteiger partial charge in [0.05, 0.1) is 5.02 Å². The first-order valence-electron chi connectivity index (χ1n) is 5.87. The van der Waals surface area contributed by atoms with Gasteiger partial charge in [0.25, 0.3) is 0 Å². The molecule has 2 aromatic rings. The van der Waals surface area contributed by atoms with Crippen molar-refractivity contribution in [3.05, 3.63) is 35.7 Å². The van der Waals surface area contributed by atoms with E-state index in [1.165, 1.54) is 12.3 Å². The average Bonchev–Trinajstić information content (AvgIpc) is 2.91. The molecule has 0 fully saturated rings. The quantitative estimate of drug-likeness (QED) is 0.770. The maximum atomic E-state index is 12.0. The van der Waals surface area contributed by atoms with E-state index in [0.29, 0.717) is 19.5 Å². The van der Waals surface area contributed by atoms with Crippen LogP contribution in [-0.2, 0) is 16.6 Å². The largest absolute Gasteiger partial charge is 0.382 e. The van der Waals surface area contributed by atoms with Crippen molar-refractivity contribution >= 4 is 27.4 Å². The highest BCUT2D eigenvalue weighted by molar-refractivity contribution is 7.89. The predicted octanol–water partition coefficient (Wildman–Crippen LogP) is 0.882. The summed E-state index contributed by atoms with van der Waals surface area (Å²) in [5.74, 6) is 0.101. The van der Waals surface area contributed by atoms with Crippen LogP contribution in [0.15, 0.2) is 35.6 Å². The number of nitrogens with zero attached hydrogens (tertiary/aromatic N) is 3. The topological polar surface area (TPSA) is 103 Å². The minimum atomic E-state index is -3.62. The summed E-state index contributed by atoms with van der Waals surface area (Å²) in [6.45, 7) is 0.931. The molecule has 9 heteroatoms. The van der Waals surface area contributed by atoms with Crippen molar-refractivity contribution < 1.29 is 8.42 Å². The van der Waals surface area contributed by atoms with Gasteiger partial charge in [-0.25, -0.2) is 18.1 Å². The minimum absolute atomic E-state index is 0.00390. The summed E-state index contributed by atoms with van der Waals surface area (Å²) in [6, 6.07) is 3.09. The fraction of sp³-hybridized carbons (Fsp3) is 0.273. The third-order valence-corrected chi connectivity index (χ3v) is 4.30. The van der Waals surface area contributed by atoms with Gasteiger partial charge in [-0.05, 0) is 18.6 Å². The number of nitrogen functional groups attached to an aromatic ring is 1. The smallest absolute Gasteiger partial charge is 0.242 e. The number of aryl methyl sites for hydroxylation is 1. The van der Waals surface area contributed by atoms with Crippen LogP contribution in [0.1, 0.15) is 6.42 Å². The molecule has 0 spiro atoms. The van der Waals surface area contributed by atoms with Crippen LogP contribution in [0.25, 0.3) is 0 Å². The van der Waals surface area contributed by atoms with Crippen molar-refractivity contribution in [2.24, 2.45) is 0 Å². The molecule has 20 heavy (non-hydrogen) atoms. The Bertz CT molecular complexity index is 672. The van der Waals surface area contributed by atoms with E-state index in [4.69, 9.17) is 17.3 Å². The van der Waals surface area contributed by atoms with Crippen LogP contribution in [0.2, 0.25) is 5.02 Å². The summed E-state index contributed by atoms with van der Waals surface area (Å²) < 4.78 is 28.2. The van der Waals surface area contributed by atoms with E-state index >= 15 is 0 Å². The molecule has 0 saturated carbocycles. The molecule has 2 rings (SSSR count). The van der Waals surface area contributed by atoms with Gasteiger partial charge >= 0.3 is 0 Å². The number of nitrogens with two attached hydrogens (primary N) is 1. The Labute approximate surface area is 121 Å². The molecule has 0 unspecified atom stereocenters. The third-order valence-electron chi connectivity index (χ3n) is 2.57. The molecule has 0 aliphatic heterocycles. The van der Waals surface area contributed by atoms with Gasteiger partial charge < -0.3 is 5.73 Å². The normalized spacial score (nSPS) is 11.7. The molecule has 108 valence electrons. The van der Waals surface area contributed by atoms with Gasteiger partial charge in [-0.3, -0.25) is 4.68 Å². The molecule has 7 nitrogen and oxygen atoms in total. The lowest BCUT2D eigenvalue weighted by Gasteiger charge is -2.07. The molecule has 3 N–H and O–H groups in total. The van der Waals surface area contributed by atoms with Crippen LogP contribution in [0.3, 0.4) is 0 Å². The first-order valence-corrected chi connectivity index (χ1v) is 7.73. The maximum Gasteiger partial charge on any atom is 0.242 e. The Balaban J connectivity index is 1.92. The fourth-order valence-electron chi connectivity index (χ4n) is 1.54. The lowest BCUT2D eigenvalue weighted by atomic mass is 10.4. The highest BCUT2D eigenvalue weighted by Gasteiger charge is 2.15. The van der Waals surface area contributed by atoms with Gasteiger partial charge in [0, 0.05) is 31.7 Å². The maximum absolute atomic E-state index is 12.0. The number of anilines is 1. The van der Waals surface area contributed by atoms with E-state index in [9.17, 15) is 8.42 Å². The zero-order valence-corrected chi connectivity index (χ0v) is 12.1. The predicted molar refractivity (Wildman–Crippen MR) is 75.7 cm³/mol. The number of pyridine rings is 1. The van der Waals surface area contributed by atoms with Crippen molar-refractivity contribution in [1.29, 1.82) is 0 Å². The highest BCUT2D eigenvalue weighted by atomic mass is 35.5. The molecule has 2 heterocycles. The SMILES string of the molecule is Nc1ncc(S(=O)(=O)NCCCn2cccn2)cc1Cl. The van der Waals surface area contributed by atoms with Crippen LogP contribution >= 0.6 is 11.6 Å². The first-order chi connectivity index (χ1) is 9.49.